The van der Waals surface area contributed by atoms with Gasteiger partial charge in [0.15, 0.2) is 9.84 Å². The van der Waals surface area contributed by atoms with Crippen LogP contribution in [0.25, 0.3) is 0 Å². The Kier molecular flexibility index (Phi) is 3.84. The van der Waals surface area contributed by atoms with E-state index in [1.807, 2.05) is 0 Å². The van der Waals surface area contributed by atoms with Crippen LogP contribution in [0.4, 0.5) is 4.39 Å². The van der Waals surface area contributed by atoms with Crippen molar-refractivity contribution >= 4 is 15.8 Å². The SMILES string of the molecule is O=C(O)c1cc(S(=O)(=O)CCn2cccn2)ccc1F. The second kappa shape index (κ2) is 5.41. The van der Waals surface area contributed by atoms with Crippen molar-refractivity contribution < 1.29 is 22.7 Å². The summed E-state index contributed by atoms with van der Waals surface area (Å²) in [5, 5.41) is 12.7. The number of aryl methyl sites for hydroxylation is 1. The highest BCUT2D eigenvalue weighted by Crippen LogP contribution is 2.17. The molecule has 0 saturated heterocycles. The van der Waals surface area contributed by atoms with Gasteiger partial charge in [-0.05, 0) is 24.3 Å². The summed E-state index contributed by atoms with van der Waals surface area (Å²) >= 11 is 0. The quantitative estimate of drug-likeness (QED) is 0.838. The fourth-order valence-electron chi connectivity index (χ4n) is 1.63. The van der Waals surface area contributed by atoms with Crippen molar-refractivity contribution in [2.75, 3.05) is 5.75 Å². The third-order valence-corrected chi connectivity index (χ3v) is 4.37. The first kappa shape index (κ1) is 14.2. The smallest absolute Gasteiger partial charge is 0.338 e. The van der Waals surface area contributed by atoms with Crippen LogP contribution in [-0.4, -0.2) is 35.0 Å². The number of hydrogen-bond donors (Lipinski definition) is 1. The van der Waals surface area contributed by atoms with E-state index in [-0.39, 0.29) is 17.2 Å². The number of nitrogens with zero attached hydrogens (tertiary/aromatic N) is 2. The van der Waals surface area contributed by atoms with E-state index in [1.165, 1.54) is 10.9 Å². The molecular formula is C12H11FN2O4S. The summed E-state index contributed by atoms with van der Waals surface area (Å²) in [5.74, 6) is -2.73. The number of benzene rings is 1. The van der Waals surface area contributed by atoms with Crippen LogP contribution in [0.5, 0.6) is 0 Å². The molecule has 0 spiro atoms. The number of rotatable bonds is 5. The lowest BCUT2D eigenvalue weighted by atomic mass is 10.2. The average molecular weight is 298 g/mol. The number of sulfone groups is 1. The molecule has 0 unspecified atom stereocenters. The highest BCUT2D eigenvalue weighted by molar-refractivity contribution is 7.91. The fourth-order valence-corrected chi connectivity index (χ4v) is 2.86. The van der Waals surface area contributed by atoms with Gasteiger partial charge < -0.3 is 5.11 Å². The maximum absolute atomic E-state index is 13.2. The molecule has 0 radical (unpaired) electrons. The van der Waals surface area contributed by atoms with Gasteiger partial charge in [-0.15, -0.1) is 0 Å². The van der Waals surface area contributed by atoms with Crippen molar-refractivity contribution in [2.45, 2.75) is 11.4 Å². The molecular weight excluding hydrogens is 287 g/mol. The van der Waals surface area contributed by atoms with Crippen molar-refractivity contribution in [1.29, 1.82) is 0 Å². The molecule has 1 aromatic heterocycles. The van der Waals surface area contributed by atoms with Crippen molar-refractivity contribution in [1.82, 2.24) is 9.78 Å². The summed E-state index contributed by atoms with van der Waals surface area (Å²) in [4.78, 5) is 10.6. The van der Waals surface area contributed by atoms with Gasteiger partial charge >= 0.3 is 5.97 Å². The van der Waals surface area contributed by atoms with E-state index in [0.29, 0.717) is 0 Å². The van der Waals surface area contributed by atoms with Gasteiger partial charge in [0.2, 0.25) is 0 Å². The van der Waals surface area contributed by atoms with Crippen LogP contribution < -0.4 is 0 Å². The zero-order chi connectivity index (χ0) is 14.8. The minimum Gasteiger partial charge on any atom is -0.478 e. The third-order valence-electron chi connectivity index (χ3n) is 2.68. The molecule has 0 aliphatic rings. The second-order valence-corrected chi connectivity index (χ2v) is 6.14. The van der Waals surface area contributed by atoms with E-state index in [0.717, 1.165) is 18.2 Å². The summed E-state index contributed by atoms with van der Waals surface area (Å²) < 4.78 is 38.8. The monoisotopic (exact) mass is 298 g/mol. The van der Waals surface area contributed by atoms with E-state index in [1.54, 1.807) is 12.3 Å². The first-order valence-electron chi connectivity index (χ1n) is 5.63. The van der Waals surface area contributed by atoms with Crippen LogP contribution in [0.15, 0.2) is 41.6 Å². The summed E-state index contributed by atoms with van der Waals surface area (Å²) in [7, 11) is -3.70. The molecule has 2 aromatic rings. The Labute approximate surface area is 114 Å². The maximum Gasteiger partial charge on any atom is 0.338 e. The number of hydrogen-bond acceptors (Lipinski definition) is 4. The molecule has 1 aromatic carbocycles. The van der Waals surface area contributed by atoms with Gasteiger partial charge in [-0.3, -0.25) is 4.68 Å². The third kappa shape index (κ3) is 3.02. The topological polar surface area (TPSA) is 89.3 Å². The van der Waals surface area contributed by atoms with E-state index in [4.69, 9.17) is 5.11 Å². The van der Waals surface area contributed by atoms with E-state index < -0.39 is 27.2 Å². The van der Waals surface area contributed by atoms with Crippen molar-refractivity contribution in [3.63, 3.8) is 0 Å². The van der Waals surface area contributed by atoms with Gasteiger partial charge in [-0.2, -0.15) is 5.10 Å². The van der Waals surface area contributed by atoms with Gasteiger partial charge in [0.25, 0.3) is 0 Å². The molecule has 0 amide bonds. The van der Waals surface area contributed by atoms with Crippen molar-refractivity contribution in [2.24, 2.45) is 0 Å². The second-order valence-electron chi connectivity index (χ2n) is 4.03. The Morgan fingerprint density at radius 3 is 2.75 bits per heavy atom. The molecule has 0 aliphatic heterocycles. The molecule has 1 heterocycles. The maximum atomic E-state index is 13.2. The predicted octanol–water partition coefficient (Wildman–Crippen LogP) is 1.19. The Balaban J connectivity index is 2.25. The predicted molar refractivity (Wildman–Crippen MR) is 67.6 cm³/mol. The van der Waals surface area contributed by atoms with Crippen LogP contribution in [0.1, 0.15) is 10.4 Å². The molecule has 0 saturated carbocycles. The molecule has 0 aliphatic carbocycles. The number of carboxylic acids is 1. The minimum atomic E-state index is -3.70. The number of halogens is 1. The molecule has 2 rings (SSSR count). The first-order valence-corrected chi connectivity index (χ1v) is 7.28. The molecule has 6 nitrogen and oxygen atoms in total. The fraction of sp³-hybridized carbons (Fsp3) is 0.167. The van der Waals surface area contributed by atoms with Gasteiger partial charge in [-0.25, -0.2) is 17.6 Å². The highest BCUT2D eigenvalue weighted by Gasteiger charge is 2.19. The number of carbonyl (C=O) groups is 1. The number of carboxylic acid groups (broad SMARTS) is 1. The lowest BCUT2D eigenvalue weighted by Crippen LogP contribution is -2.14. The van der Waals surface area contributed by atoms with Gasteiger partial charge in [0, 0.05) is 12.4 Å². The largest absolute Gasteiger partial charge is 0.478 e. The van der Waals surface area contributed by atoms with Crippen LogP contribution in [-0.2, 0) is 16.4 Å². The molecule has 106 valence electrons. The van der Waals surface area contributed by atoms with Gasteiger partial charge in [-0.1, -0.05) is 0 Å². The molecule has 0 fully saturated rings. The van der Waals surface area contributed by atoms with Crippen LogP contribution in [0.2, 0.25) is 0 Å². The van der Waals surface area contributed by atoms with Crippen molar-refractivity contribution in [3.05, 3.63) is 48.0 Å². The van der Waals surface area contributed by atoms with E-state index in [2.05, 4.69) is 5.10 Å². The number of aromatic nitrogens is 2. The summed E-state index contributed by atoms with van der Waals surface area (Å²) in [6.07, 6.45) is 3.13. The van der Waals surface area contributed by atoms with E-state index >= 15 is 0 Å². The Hall–Kier alpha value is -2.22. The van der Waals surface area contributed by atoms with Crippen LogP contribution in [0, 0.1) is 5.82 Å². The minimum absolute atomic E-state index is 0.134. The van der Waals surface area contributed by atoms with Crippen LogP contribution >= 0.6 is 0 Å². The lowest BCUT2D eigenvalue weighted by Gasteiger charge is -2.06. The van der Waals surface area contributed by atoms with Crippen LogP contribution in [0.3, 0.4) is 0 Å². The zero-order valence-corrected chi connectivity index (χ0v) is 11.0. The summed E-state index contributed by atoms with van der Waals surface area (Å²) in [6.45, 7) is 0.134. The standard InChI is InChI=1S/C12H11FN2O4S/c13-11-3-2-9(8-10(11)12(16)17)20(18,19)7-6-15-5-1-4-14-15/h1-5,8H,6-7H2,(H,16,17). The zero-order valence-electron chi connectivity index (χ0n) is 10.2. The Bertz CT molecular complexity index is 726. The lowest BCUT2D eigenvalue weighted by molar-refractivity contribution is 0.0691. The first-order chi connectivity index (χ1) is 9.40. The normalized spacial score (nSPS) is 11.4. The molecule has 20 heavy (non-hydrogen) atoms. The summed E-state index contributed by atoms with van der Waals surface area (Å²) in [5.41, 5.74) is -0.662. The molecule has 0 bridgehead atoms. The Morgan fingerprint density at radius 2 is 2.15 bits per heavy atom. The van der Waals surface area contributed by atoms with Gasteiger partial charge in [0.05, 0.1) is 22.8 Å². The molecule has 0 atom stereocenters. The molecule has 8 heteroatoms. The van der Waals surface area contributed by atoms with Gasteiger partial charge in [0.1, 0.15) is 5.82 Å². The summed E-state index contributed by atoms with van der Waals surface area (Å²) in [6, 6.07) is 4.38. The van der Waals surface area contributed by atoms with E-state index in [9.17, 15) is 17.6 Å². The number of aromatic carboxylic acids is 1. The highest BCUT2D eigenvalue weighted by atomic mass is 32.2. The average Bonchev–Trinajstić information content (AvgIpc) is 2.89. The van der Waals surface area contributed by atoms with Crippen molar-refractivity contribution in [3.8, 4) is 0 Å². The molecule has 1 N–H and O–H groups in total. The Morgan fingerprint density at radius 1 is 1.40 bits per heavy atom.